The van der Waals surface area contributed by atoms with Crippen LogP contribution in [0.3, 0.4) is 0 Å². The first-order chi connectivity index (χ1) is 18.0. The van der Waals surface area contributed by atoms with Gasteiger partial charge in [0, 0.05) is 42.2 Å². The maximum absolute atomic E-state index is 13.2. The number of pyridine rings is 1. The lowest BCUT2D eigenvalue weighted by atomic mass is 9.88. The zero-order valence-electron chi connectivity index (χ0n) is 20.8. The van der Waals surface area contributed by atoms with Crippen LogP contribution in [0.1, 0.15) is 31.2 Å². The van der Waals surface area contributed by atoms with E-state index in [2.05, 4.69) is 22.0 Å². The number of aliphatic imine (C=N–C) groups is 1. The van der Waals surface area contributed by atoms with Gasteiger partial charge in [0.05, 0.1) is 17.6 Å². The van der Waals surface area contributed by atoms with E-state index >= 15 is 0 Å². The molecule has 0 radical (unpaired) electrons. The van der Waals surface area contributed by atoms with Crippen LogP contribution in [0.5, 0.6) is 11.5 Å². The van der Waals surface area contributed by atoms with Crippen LogP contribution in [0.4, 0.5) is 17.2 Å². The van der Waals surface area contributed by atoms with E-state index in [1.54, 1.807) is 6.20 Å². The highest BCUT2D eigenvalue weighted by Crippen LogP contribution is 2.48. The van der Waals surface area contributed by atoms with Crippen molar-refractivity contribution in [2.75, 3.05) is 30.7 Å². The highest BCUT2D eigenvalue weighted by atomic mass is 16.5. The average molecular weight is 497 g/mol. The van der Waals surface area contributed by atoms with Crippen molar-refractivity contribution >= 4 is 35.5 Å². The smallest absolute Gasteiger partial charge is 0.230 e. The summed E-state index contributed by atoms with van der Waals surface area (Å²) in [7, 11) is 0. The van der Waals surface area contributed by atoms with Crippen molar-refractivity contribution < 1.29 is 9.53 Å². The highest BCUT2D eigenvalue weighted by Gasteiger charge is 2.51. The Labute approximate surface area is 217 Å². The van der Waals surface area contributed by atoms with Gasteiger partial charge in [-0.2, -0.15) is 0 Å². The molecule has 190 valence electrons. The van der Waals surface area contributed by atoms with E-state index < -0.39 is 0 Å². The summed E-state index contributed by atoms with van der Waals surface area (Å²) in [5.74, 6) is 1.89. The largest absolute Gasteiger partial charge is 0.457 e. The third-order valence-corrected chi connectivity index (χ3v) is 7.21. The topological polar surface area (TPSA) is 117 Å². The lowest BCUT2D eigenvalue weighted by molar-refractivity contribution is -0.138. The quantitative estimate of drug-likeness (QED) is 0.348. The predicted octanol–water partition coefficient (Wildman–Crippen LogP) is 5.29. The molecule has 8 heteroatoms. The summed E-state index contributed by atoms with van der Waals surface area (Å²) in [4.78, 5) is 23.4. The number of likely N-dealkylation sites (tertiary alicyclic amines) is 1. The Morgan fingerprint density at radius 1 is 1.16 bits per heavy atom. The van der Waals surface area contributed by atoms with Crippen molar-refractivity contribution in [2.24, 2.45) is 16.3 Å². The number of nitrogens with two attached hydrogens (primary N) is 1. The first-order valence-electron chi connectivity index (χ1n) is 12.6. The van der Waals surface area contributed by atoms with Gasteiger partial charge in [-0.15, -0.1) is 0 Å². The molecule has 4 N–H and O–H groups in total. The monoisotopic (exact) mass is 496 g/mol. The number of nitrogens with one attached hydrogen (secondary N) is 2. The van der Waals surface area contributed by atoms with Crippen molar-refractivity contribution in [3.8, 4) is 11.5 Å². The predicted molar refractivity (Wildman–Crippen MR) is 147 cm³/mol. The fraction of sp³-hybridized carbons (Fsp3) is 0.310. The van der Waals surface area contributed by atoms with Crippen LogP contribution >= 0.6 is 0 Å². The molecular formula is C29H32N6O2. The molecule has 1 saturated carbocycles. The lowest BCUT2D eigenvalue weighted by Gasteiger charge is -2.35. The summed E-state index contributed by atoms with van der Waals surface area (Å²) in [6.07, 6.45) is 5.08. The zero-order chi connectivity index (χ0) is 25.8. The van der Waals surface area contributed by atoms with Crippen LogP contribution in [-0.2, 0) is 4.79 Å². The number of nitrogens with zero attached hydrogens (tertiary/aromatic N) is 3. The highest BCUT2D eigenvalue weighted by molar-refractivity contribution is 6.07. The minimum absolute atomic E-state index is 0.0748. The summed E-state index contributed by atoms with van der Waals surface area (Å²) < 4.78 is 5.88. The van der Waals surface area contributed by atoms with E-state index in [9.17, 15) is 4.79 Å². The molecule has 5 rings (SSSR count). The van der Waals surface area contributed by atoms with Gasteiger partial charge in [0.15, 0.2) is 0 Å². The minimum atomic E-state index is -0.365. The van der Waals surface area contributed by atoms with Gasteiger partial charge in [-0.1, -0.05) is 18.2 Å². The van der Waals surface area contributed by atoms with Crippen molar-refractivity contribution in [1.29, 1.82) is 5.41 Å². The maximum atomic E-state index is 13.2. The number of carbonyl (C=O) groups excluding carboxylic acids is 1. The number of hydrogen-bond acceptors (Lipinski definition) is 7. The number of amides is 1. The normalized spacial score (nSPS) is 18.1. The molecule has 2 aliphatic rings. The number of aromatic nitrogens is 1. The third kappa shape index (κ3) is 5.33. The number of nitrogen functional groups attached to an aromatic ring is 1. The second-order valence-electron chi connectivity index (χ2n) is 9.85. The lowest BCUT2D eigenvalue weighted by Crippen LogP contribution is -2.46. The van der Waals surface area contributed by atoms with E-state index in [4.69, 9.17) is 15.9 Å². The Kier molecular flexibility index (Phi) is 6.90. The summed E-state index contributed by atoms with van der Waals surface area (Å²) >= 11 is 0. The molecule has 0 spiro atoms. The second kappa shape index (κ2) is 10.4. The standard InChI is InChI=1S/C29H32N6O2/c1-32-19-29(14-15-29)28(36)35-17-5-6-20(18-35)25(30)24-13-16-33-27(31)26(24)34-21-9-11-23(12-10-21)37-22-7-3-2-4-8-22/h2-4,7-13,16,20,30,34H,1,5-6,14-15,17-19H2,(H2,31,33)/t20-/m1/s1. The van der Waals surface area contributed by atoms with E-state index in [0.29, 0.717) is 35.9 Å². The van der Waals surface area contributed by atoms with Crippen LogP contribution in [-0.4, -0.2) is 47.9 Å². The van der Waals surface area contributed by atoms with Gasteiger partial charge in [-0.3, -0.25) is 9.79 Å². The first kappa shape index (κ1) is 24.5. The summed E-state index contributed by atoms with van der Waals surface area (Å²) in [6, 6.07) is 19.0. The number of benzene rings is 2. The van der Waals surface area contributed by atoms with Crippen molar-refractivity contribution in [3.05, 3.63) is 72.4 Å². The van der Waals surface area contributed by atoms with Gasteiger partial charge in [0.2, 0.25) is 5.91 Å². The molecule has 1 atom stereocenters. The third-order valence-electron chi connectivity index (χ3n) is 7.21. The van der Waals surface area contributed by atoms with Gasteiger partial charge in [0.1, 0.15) is 17.3 Å². The molecule has 2 fully saturated rings. The number of rotatable bonds is 9. The molecule has 1 saturated heterocycles. The number of anilines is 3. The van der Waals surface area contributed by atoms with E-state index in [-0.39, 0.29) is 17.2 Å². The summed E-state index contributed by atoms with van der Waals surface area (Å²) in [6.45, 7) is 5.32. The number of ether oxygens (including phenoxy) is 1. The molecule has 2 heterocycles. The Bertz CT molecular complexity index is 1290. The van der Waals surface area contributed by atoms with Gasteiger partial charge in [-0.05, 0) is 74.9 Å². The van der Waals surface area contributed by atoms with Crippen LogP contribution in [0.25, 0.3) is 0 Å². The molecule has 0 unspecified atom stereocenters. The van der Waals surface area contributed by atoms with Gasteiger partial charge in [0.25, 0.3) is 0 Å². The van der Waals surface area contributed by atoms with Crippen LogP contribution in [0, 0.1) is 16.7 Å². The Hall–Kier alpha value is -4.20. The number of carbonyl (C=O) groups is 1. The molecule has 1 aromatic heterocycles. The second-order valence-corrected chi connectivity index (χ2v) is 9.85. The molecular weight excluding hydrogens is 464 g/mol. The molecule has 1 amide bonds. The van der Waals surface area contributed by atoms with Crippen molar-refractivity contribution in [3.63, 3.8) is 0 Å². The molecule has 37 heavy (non-hydrogen) atoms. The zero-order valence-corrected chi connectivity index (χ0v) is 20.8. The molecule has 2 aromatic carbocycles. The number of piperidine rings is 1. The maximum Gasteiger partial charge on any atom is 0.230 e. The average Bonchev–Trinajstić information content (AvgIpc) is 3.71. The molecule has 1 aliphatic carbocycles. The molecule has 1 aliphatic heterocycles. The Balaban J connectivity index is 1.30. The Morgan fingerprint density at radius 3 is 2.59 bits per heavy atom. The summed E-state index contributed by atoms with van der Waals surface area (Å²) in [5.41, 5.74) is 8.47. The molecule has 8 nitrogen and oxygen atoms in total. The van der Waals surface area contributed by atoms with Gasteiger partial charge < -0.3 is 26.1 Å². The summed E-state index contributed by atoms with van der Waals surface area (Å²) in [5, 5.41) is 12.4. The molecule has 3 aromatic rings. The SMILES string of the molecule is C=NCC1(C(=O)N2CCC[C@@H](C(=N)c3ccnc(N)c3Nc3ccc(Oc4ccccc4)cc3)C2)CC1. The number of hydrogen-bond donors (Lipinski definition) is 3. The van der Waals surface area contributed by atoms with E-state index in [1.807, 2.05) is 65.6 Å². The van der Waals surface area contributed by atoms with Gasteiger partial charge in [-0.25, -0.2) is 4.98 Å². The van der Waals surface area contributed by atoms with E-state index in [0.717, 1.165) is 49.4 Å². The first-order valence-corrected chi connectivity index (χ1v) is 12.6. The fourth-order valence-corrected chi connectivity index (χ4v) is 4.97. The minimum Gasteiger partial charge on any atom is -0.457 e. The fourth-order valence-electron chi connectivity index (χ4n) is 4.97. The van der Waals surface area contributed by atoms with Crippen molar-refractivity contribution in [1.82, 2.24) is 9.88 Å². The van der Waals surface area contributed by atoms with Crippen molar-refractivity contribution in [2.45, 2.75) is 25.7 Å². The Morgan fingerprint density at radius 2 is 1.89 bits per heavy atom. The van der Waals surface area contributed by atoms with E-state index in [1.165, 1.54) is 0 Å². The number of para-hydroxylation sites is 1. The van der Waals surface area contributed by atoms with Crippen LogP contribution in [0.2, 0.25) is 0 Å². The van der Waals surface area contributed by atoms with Gasteiger partial charge >= 0.3 is 0 Å². The van der Waals surface area contributed by atoms with Crippen LogP contribution in [0.15, 0.2) is 71.9 Å². The van der Waals surface area contributed by atoms with Crippen LogP contribution < -0.4 is 15.8 Å². The molecule has 0 bridgehead atoms.